The van der Waals surface area contributed by atoms with E-state index in [2.05, 4.69) is 5.32 Å². The first-order valence-corrected chi connectivity index (χ1v) is 15.2. The number of carbonyl (C=O) groups is 2. The summed E-state index contributed by atoms with van der Waals surface area (Å²) >= 11 is 5.92. The fourth-order valence-corrected chi connectivity index (χ4v) is 5.14. The van der Waals surface area contributed by atoms with E-state index in [1.807, 2.05) is 75.4 Å². The van der Waals surface area contributed by atoms with E-state index in [0.717, 1.165) is 39.4 Å². The number of nitrogens with one attached hydrogen (secondary N) is 1. The van der Waals surface area contributed by atoms with E-state index in [-0.39, 0.29) is 35.5 Å². The highest BCUT2D eigenvalue weighted by Gasteiger charge is 2.33. The zero-order chi connectivity index (χ0) is 29.4. The Labute approximate surface area is 241 Å². The minimum absolute atomic E-state index is 0.0430. The van der Waals surface area contributed by atoms with Crippen molar-refractivity contribution in [3.63, 3.8) is 0 Å². The first-order chi connectivity index (χ1) is 18.8. The molecule has 214 valence electrons. The number of hydrogen-bond acceptors (Lipinski definition) is 4. The molecule has 3 aromatic rings. The van der Waals surface area contributed by atoms with Crippen molar-refractivity contribution >= 4 is 39.1 Å². The molecule has 0 spiro atoms. The van der Waals surface area contributed by atoms with E-state index in [1.54, 1.807) is 0 Å². The number of amides is 2. The second-order valence-corrected chi connectivity index (χ2v) is 12.5. The van der Waals surface area contributed by atoms with Crippen LogP contribution in [-0.4, -0.2) is 50.5 Å². The van der Waals surface area contributed by atoms with E-state index in [0.29, 0.717) is 6.54 Å². The second kappa shape index (κ2) is 13.8. The number of sulfonamides is 1. The summed E-state index contributed by atoms with van der Waals surface area (Å²) in [6, 6.07) is 19.4. The molecule has 0 saturated carbocycles. The molecule has 1 atom stereocenters. The molecule has 1 unspecified atom stereocenters. The van der Waals surface area contributed by atoms with Crippen molar-refractivity contribution in [2.24, 2.45) is 5.92 Å². The summed E-state index contributed by atoms with van der Waals surface area (Å²) in [5.41, 5.74) is 2.71. The van der Waals surface area contributed by atoms with Crippen molar-refractivity contribution in [3.05, 3.63) is 100 Å². The molecule has 0 aliphatic carbocycles. The number of hydrogen-bond donors (Lipinski definition) is 1. The third kappa shape index (κ3) is 8.79. The maximum atomic E-state index is 14.0. The zero-order valence-corrected chi connectivity index (χ0v) is 24.7. The Morgan fingerprint density at radius 1 is 0.975 bits per heavy atom. The molecule has 40 heavy (non-hydrogen) atoms. The average molecular weight is 588 g/mol. The first kappa shape index (κ1) is 31.1. The minimum Gasteiger partial charge on any atom is -0.354 e. The number of aryl methyl sites for hydroxylation is 1. The Bertz CT molecular complexity index is 1420. The molecule has 2 amide bonds. The molecular weight excluding hydrogens is 553 g/mol. The van der Waals surface area contributed by atoms with Crippen LogP contribution >= 0.6 is 11.6 Å². The van der Waals surface area contributed by atoms with Crippen LogP contribution in [0, 0.1) is 18.7 Å². The fourth-order valence-electron chi connectivity index (χ4n) is 4.12. The normalized spacial score (nSPS) is 12.2. The average Bonchev–Trinajstić information content (AvgIpc) is 2.90. The summed E-state index contributed by atoms with van der Waals surface area (Å²) in [5.74, 6) is -1.46. The van der Waals surface area contributed by atoms with E-state index in [1.165, 1.54) is 11.0 Å². The molecule has 3 rings (SSSR count). The van der Waals surface area contributed by atoms with Gasteiger partial charge in [-0.3, -0.25) is 13.9 Å². The van der Waals surface area contributed by atoms with Gasteiger partial charge >= 0.3 is 0 Å². The minimum atomic E-state index is -3.98. The van der Waals surface area contributed by atoms with Gasteiger partial charge in [-0.1, -0.05) is 85.6 Å². The van der Waals surface area contributed by atoms with Crippen LogP contribution in [0.3, 0.4) is 0 Å². The lowest BCUT2D eigenvalue weighted by Gasteiger charge is -2.33. The Kier molecular flexibility index (Phi) is 10.7. The monoisotopic (exact) mass is 587 g/mol. The zero-order valence-electron chi connectivity index (χ0n) is 23.1. The van der Waals surface area contributed by atoms with Crippen molar-refractivity contribution in [2.45, 2.75) is 39.8 Å². The van der Waals surface area contributed by atoms with Crippen LogP contribution in [0.1, 0.15) is 30.5 Å². The summed E-state index contributed by atoms with van der Waals surface area (Å²) in [6.45, 7) is 5.78. The molecular formula is C30H35ClFN3O4S. The van der Waals surface area contributed by atoms with Gasteiger partial charge in [0.2, 0.25) is 21.8 Å². The van der Waals surface area contributed by atoms with Gasteiger partial charge in [-0.25, -0.2) is 12.8 Å². The van der Waals surface area contributed by atoms with Crippen molar-refractivity contribution in [3.8, 4) is 0 Å². The third-order valence-electron chi connectivity index (χ3n) is 6.30. The highest BCUT2D eigenvalue weighted by Crippen LogP contribution is 2.25. The number of anilines is 1. The van der Waals surface area contributed by atoms with Gasteiger partial charge in [-0.2, -0.15) is 0 Å². The van der Waals surface area contributed by atoms with Crippen molar-refractivity contribution < 1.29 is 22.4 Å². The Hall–Kier alpha value is -3.43. The van der Waals surface area contributed by atoms with Crippen LogP contribution in [0.5, 0.6) is 0 Å². The van der Waals surface area contributed by atoms with Gasteiger partial charge in [0.05, 0.1) is 17.0 Å². The first-order valence-electron chi connectivity index (χ1n) is 12.9. The van der Waals surface area contributed by atoms with Gasteiger partial charge in [0.25, 0.3) is 0 Å². The highest BCUT2D eigenvalue weighted by molar-refractivity contribution is 7.92. The maximum absolute atomic E-state index is 14.0. The van der Waals surface area contributed by atoms with E-state index < -0.39 is 34.3 Å². The van der Waals surface area contributed by atoms with Gasteiger partial charge in [-0.15, -0.1) is 0 Å². The van der Waals surface area contributed by atoms with Crippen molar-refractivity contribution in [1.82, 2.24) is 10.2 Å². The van der Waals surface area contributed by atoms with Gasteiger partial charge in [-0.05, 0) is 42.2 Å². The largest absolute Gasteiger partial charge is 0.354 e. The smallest absolute Gasteiger partial charge is 0.244 e. The third-order valence-corrected chi connectivity index (χ3v) is 7.73. The fraction of sp³-hybridized carbons (Fsp3) is 0.333. The predicted octanol–water partition coefficient (Wildman–Crippen LogP) is 4.97. The Balaban J connectivity index is 2.05. The molecule has 0 saturated heterocycles. The number of carbonyl (C=O) groups excluding carboxylic acids is 2. The van der Waals surface area contributed by atoms with Crippen LogP contribution in [-0.2, 0) is 32.6 Å². The second-order valence-electron chi connectivity index (χ2n) is 10.2. The predicted molar refractivity (Wildman–Crippen MR) is 157 cm³/mol. The Morgan fingerprint density at radius 2 is 1.62 bits per heavy atom. The summed E-state index contributed by atoms with van der Waals surface area (Å²) in [5, 5.41) is 2.66. The molecule has 0 aliphatic heterocycles. The summed E-state index contributed by atoms with van der Waals surface area (Å²) < 4.78 is 40.3. The number of benzene rings is 3. The molecule has 0 aliphatic rings. The lowest BCUT2D eigenvalue weighted by molar-refractivity contribution is -0.140. The number of rotatable bonds is 12. The van der Waals surface area contributed by atoms with Crippen LogP contribution in [0.4, 0.5) is 10.1 Å². The standard InChI is InChI=1S/C30H35ClFN3O4S/c1-21(2)18-33-30(37)28(16-23-8-6-5-7-9-23)34(19-24-12-10-22(3)11-13-24)29(36)20-35(40(4,38)39)25-14-15-27(32)26(31)17-25/h5-15,17,21,28H,16,18-20H2,1-4H3,(H,33,37). The summed E-state index contributed by atoms with van der Waals surface area (Å²) in [7, 11) is -3.98. The molecule has 3 aromatic carbocycles. The topological polar surface area (TPSA) is 86.8 Å². The number of nitrogens with zero attached hydrogens (tertiary/aromatic N) is 2. The molecule has 7 nitrogen and oxygen atoms in total. The van der Waals surface area contributed by atoms with Gasteiger partial charge < -0.3 is 10.2 Å². The van der Waals surface area contributed by atoms with E-state index >= 15 is 0 Å². The molecule has 0 heterocycles. The molecule has 10 heteroatoms. The van der Waals surface area contributed by atoms with E-state index in [4.69, 9.17) is 11.6 Å². The van der Waals surface area contributed by atoms with Crippen LogP contribution in [0.2, 0.25) is 5.02 Å². The molecule has 0 bridgehead atoms. The van der Waals surface area contributed by atoms with Gasteiger partial charge in [0, 0.05) is 19.5 Å². The molecule has 1 N–H and O–H groups in total. The van der Waals surface area contributed by atoms with Crippen LogP contribution in [0.15, 0.2) is 72.8 Å². The molecule has 0 aromatic heterocycles. The summed E-state index contributed by atoms with van der Waals surface area (Å²) in [4.78, 5) is 29.0. The molecule has 0 fully saturated rings. The van der Waals surface area contributed by atoms with Crippen LogP contribution < -0.4 is 9.62 Å². The van der Waals surface area contributed by atoms with Crippen molar-refractivity contribution in [1.29, 1.82) is 0 Å². The highest BCUT2D eigenvalue weighted by atomic mass is 35.5. The summed E-state index contributed by atoms with van der Waals surface area (Å²) in [6.07, 6.45) is 1.18. The van der Waals surface area contributed by atoms with Gasteiger partial charge in [0.1, 0.15) is 18.4 Å². The quantitative estimate of drug-likeness (QED) is 0.324. The molecule has 0 radical (unpaired) electrons. The number of halogens is 2. The SMILES string of the molecule is Cc1ccc(CN(C(=O)CN(c2ccc(F)c(Cl)c2)S(C)(=O)=O)C(Cc2ccccc2)C(=O)NCC(C)C)cc1. The maximum Gasteiger partial charge on any atom is 0.244 e. The van der Waals surface area contributed by atoms with Crippen LogP contribution in [0.25, 0.3) is 0 Å². The lowest BCUT2D eigenvalue weighted by atomic mass is 10.0. The lowest BCUT2D eigenvalue weighted by Crippen LogP contribution is -2.53. The van der Waals surface area contributed by atoms with Crippen molar-refractivity contribution in [2.75, 3.05) is 23.7 Å². The Morgan fingerprint density at radius 3 is 2.20 bits per heavy atom. The van der Waals surface area contributed by atoms with Gasteiger partial charge in [0.15, 0.2) is 0 Å². The van der Waals surface area contributed by atoms with E-state index in [9.17, 15) is 22.4 Å².